The number of ether oxygens (including phenoxy) is 1. The zero-order chi connectivity index (χ0) is 10.6. The highest BCUT2D eigenvalue weighted by molar-refractivity contribution is 4.87. The average molecular weight is 199 g/mol. The van der Waals surface area contributed by atoms with Crippen LogP contribution in [0.3, 0.4) is 0 Å². The second-order valence-corrected chi connectivity index (χ2v) is 4.74. The lowest BCUT2D eigenvalue weighted by atomic mass is 10.00. The van der Waals surface area contributed by atoms with Crippen molar-refractivity contribution in [1.82, 2.24) is 5.32 Å². The summed E-state index contributed by atoms with van der Waals surface area (Å²) in [6, 6.07) is 1.24. The van der Waals surface area contributed by atoms with Crippen molar-refractivity contribution in [2.45, 2.75) is 64.6 Å². The van der Waals surface area contributed by atoms with E-state index in [4.69, 9.17) is 4.74 Å². The van der Waals surface area contributed by atoms with Gasteiger partial charge in [0.25, 0.3) is 0 Å². The first-order valence-corrected chi connectivity index (χ1v) is 5.97. The van der Waals surface area contributed by atoms with E-state index in [0.717, 1.165) is 5.92 Å². The Morgan fingerprint density at radius 1 is 1.36 bits per heavy atom. The Morgan fingerprint density at radius 3 is 2.57 bits per heavy atom. The van der Waals surface area contributed by atoms with Crippen molar-refractivity contribution in [3.05, 3.63) is 0 Å². The number of methoxy groups -OCH3 is 1. The van der Waals surface area contributed by atoms with Gasteiger partial charge in [-0.3, -0.25) is 0 Å². The van der Waals surface area contributed by atoms with E-state index < -0.39 is 0 Å². The molecule has 3 unspecified atom stereocenters. The van der Waals surface area contributed by atoms with Gasteiger partial charge in [-0.05, 0) is 31.6 Å². The SMILES string of the molecule is CCC(NC1CCCC1OC)C(C)C. The molecule has 0 aliphatic heterocycles. The topological polar surface area (TPSA) is 21.3 Å². The van der Waals surface area contributed by atoms with Gasteiger partial charge >= 0.3 is 0 Å². The van der Waals surface area contributed by atoms with Crippen molar-refractivity contribution >= 4 is 0 Å². The van der Waals surface area contributed by atoms with E-state index in [0.29, 0.717) is 18.2 Å². The van der Waals surface area contributed by atoms with Gasteiger partial charge < -0.3 is 10.1 Å². The van der Waals surface area contributed by atoms with Gasteiger partial charge in [0.05, 0.1) is 6.10 Å². The Morgan fingerprint density at radius 2 is 2.07 bits per heavy atom. The maximum Gasteiger partial charge on any atom is 0.0724 e. The molecule has 84 valence electrons. The van der Waals surface area contributed by atoms with Crippen LogP contribution in [0.5, 0.6) is 0 Å². The van der Waals surface area contributed by atoms with Gasteiger partial charge in [0.15, 0.2) is 0 Å². The molecule has 0 amide bonds. The maximum absolute atomic E-state index is 5.49. The summed E-state index contributed by atoms with van der Waals surface area (Å²) in [4.78, 5) is 0. The van der Waals surface area contributed by atoms with Gasteiger partial charge in [-0.25, -0.2) is 0 Å². The number of hydrogen-bond donors (Lipinski definition) is 1. The van der Waals surface area contributed by atoms with Crippen LogP contribution in [0, 0.1) is 5.92 Å². The van der Waals surface area contributed by atoms with Gasteiger partial charge in [-0.15, -0.1) is 0 Å². The molecule has 0 heterocycles. The molecule has 1 saturated carbocycles. The molecule has 0 saturated heterocycles. The highest BCUT2D eigenvalue weighted by Crippen LogP contribution is 2.23. The maximum atomic E-state index is 5.49. The Hall–Kier alpha value is -0.0800. The van der Waals surface area contributed by atoms with Crippen LogP contribution in [0.25, 0.3) is 0 Å². The Bertz CT molecular complexity index is 158. The van der Waals surface area contributed by atoms with Crippen molar-refractivity contribution in [3.63, 3.8) is 0 Å². The fraction of sp³-hybridized carbons (Fsp3) is 1.00. The lowest BCUT2D eigenvalue weighted by Crippen LogP contribution is -2.45. The zero-order valence-electron chi connectivity index (χ0n) is 10.0. The van der Waals surface area contributed by atoms with Crippen LogP contribution in [0.4, 0.5) is 0 Å². The summed E-state index contributed by atoms with van der Waals surface area (Å²) in [6.45, 7) is 6.84. The van der Waals surface area contributed by atoms with E-state index in [9.17, 15) is 0 Å². The van der Waals surface area contributed by atoms with Crippen molar-refractivity contribution < 1.29 is 4.74 Å². The molecule has 1 N–H and O–H groups in total. The summed E-state index contributed by atoms with van der Waals surface area (Å²) in [6.07, 6.45) is 5.47. The van der Waals surface area contributed by atoms with Gasteiger partial charge in [0.2, 0.25) is 0 Å². The van der Waals surface area contributed by atoms with Crippen LogP contribution in [0.15, 0.2) is 0 Å². The molecule has 1 aliphatic rings. The second kappa shape index (κ2) is 5.72. The fourth-order valence-corrected chi connectivity index (χ4v) is 2.46. The zero-order valence-corrected chi connectivity index (χ0v) is 10.0. The van der Waals surface area contributed by atoms with Crippen LogP contribution in [-0.2, 0) is 4.74 Å². The third-order valence-electron chi connectivity index (χ3n) is 3.43. The third kappa shape index (κ3) is 2.96. The fourth-order valence-electron chi connectivity index (χ4n) is 2.46. The van der Waals surface area contributed by atoms with Crippen LogP contribution in [0.2, 0.25) is 0 Å². The number of rotatable bonds is 5. The van der Waals surface area contributed by atoms with Crippen LogP contribution < -0.4 is 5.32 Å². The molecule has 0 spiro atoms. The first-order valence-electron chi connectivity index (χ1n) is 5.97. The molecule has 0 aromatic carbocycles. The van der Waals surface area contributed by atoms with Gasteiger partial charge in [0.1, 0.15) is 0 Å². The summed E-state index contributed by atoms with van der Waals surface area (Å²) in [5.41, 5.74) is 0. The monoisotopic (exact) mass is 199 g/mol. The first-order chi connectivity index (χ1) is 6.69. The minimum Gasteiger partial charge on any atom is -0.380 e. The molecule has 0 aromatic heterocycles. The van der Waals surface area contributed by atoms with Crippen molar-refractivity contribution in [2.24, 2.45) is 5.92 Å². The second-order valence-electron chi connectivity index (χ2n) is 4.74. The average Bonchev–Trinajstić information content (AvgIpc) is 2.60. The third-order valence-corrected chi connectivity index (χ3v) is 3.43. The Labute approximate surface area is 88.4 Å². The van der Waals surface area contributed by atoms with Crippen molar-refractivity contribution in [2.75, 3.05) is 7.11 Å². The predicted octanol–water partition coefficient (Wildman–Crippen LogP) is 2.58. The highest BCUT2D eigenvalue weighted by Gasteiger charge is 2.28. The molecule has 0 bridgehead atoms. The van der Waals surface area contributed by atoms with Gasteiger partial charge in [0, 0.05) is 19.2 Å². The lowest BCUT2D eigenvalue weighted by molar-refractivity contribution is 0.0785. The Kier molecular flexibility index (Phi) is 4.90. The lowest BCUT2D eigenvalue weighted by Gasteiger charge is -2.28. The van der Waals surface area contributed by atoms with Crippen molar-refractivity contribution in [3.8, 4) is 0 Å². The summed E-state index contributed by atoms with van der Waals surface area (Å²) in [5, 5.41) is 3.74. The molecular formula is C12H25NO. The number of nitrogens with one attached hydrogen (secondary N) is 1. The number of hydrogen-bond acceptors (Lipinski definition) is 2. The quantitative estimate of drug-likeness (QED) is 0.735. The van der Waals surface area contributed by atoms with E-state index in [-0.39, 0.29) is 0 Å². The van der Waals surface area contributed by atoms with Gasteiger partial charge in [-0.2, -0.15) is 0 Å². The van der Waals surface area contributed by atoms with E-state index in [1.54, 1.807) is 0 Å². The molecule has 14 heavy (non-hydrogen) atoms. The molecule has 2 nitrogen and oxygen atoms in total. The Balaban J connectivity index is 2.41. The highest BCUT2D eigenvalue weighted by atomic mass is 16.5. The van der Waals surface area contributed by atoms with Crippen LogP contribution >= 0.6 is 0 Å². The molecule has 0 aromatic rings. The van der Waals surface area contributed by atoms with Crippen LogP contribution in [-0.4, -0.2) is 25.3 Å². The largest absolute Gasteiger partial charge is 0.380 e. The van der Waals surface area contributed by atoms with Gasteiger partial charge in [-0.1, -0.05) is 20.8 Å². The molecular weight excluding hydrogens is 174 g/mol. The molecule has 1 rings (SSSR count). The smallest absolute Gasteiger partial charge is 0.0724 e. The summed E-state index contributed by atoms with van der Waals surface area (Å²) >= 11 is 0. The molecule has 0 radical (unpaired) electrons. The minimum atomic E-state index is 0.447. The molecule has 3 atom stereocenters. The van der Waals surface area contributed by atoms with E-state index in [1.165, 1.54) is 25.7 Å². The van der Waals surface area contributed by atoms with Crippen LogP contribution in [0.1, 0.15) is 46.5 Å². The van der Waals surface area contributed by atoms with E-state index >= 15 is 0 Å². The van der Waals surface area contributed by atoms with Crippen molar-refractivity contribution in [1.29, 1.82) is 0 Å². The summed E-state index contributed by atoms with van der Waals surface area (Å²) in [7, 11) is 1.83. The van der Waals surface area contributed by atoms with E-state index in [2.05, 4.69) is 26.1 Å². The summed E-state index contributed by atoms with van der Waals surface area (Å²) in [5.74, 6) is 0.720. The molecule has 2 heteroatoms. The normalized spacial score (nSPS) is 29.8. The molecule has 1 fully saturated rings. The minimum absolute atomic E-state index is 0.447. The predicted molar refractivity (Wildman–Crippen MR) is 60.5 cm³/mol. The molecule has 1 aliphatic carbocycles. The standard InChI is InChI=1S/C12H25NO/c1-5-10(9(2)3)13-11-7-6-8-12(11)14-4/h9-13H,5-8H2,1-4H3. The summed E-state index contributed by atoms with van der Waals surface area (Å²) < 4.78 is 5.49. The van der Waals surface area contributed by atoms with E-state index in [1.807, 2.05) is 7.11 Å². The first kappa shape index (κ1) is 12.0.